The van der Waals surface area contributed by atoms with E-state index in [4.69, 9.17) is 4.74 Å². The number of hydrogen-bond donors (Lipinski definition) is 0. The monoisotopic (exact) mass is 585 g/mol. The van der Waals surface area contributed by atoms with Crippen LogP contribution >= 0.6 is 0 Å². The molecule has 10 rings (SSSR count). The number of nitrogens with zero attached hydrogens (tertiary/aromatic N) is 1. The molecular weight excluding hydrogens is 558 g/mol. The lowest BCUT2D eigenvalue weighted by molar-refractivity contribution is 0.487. The highest BCUT2D eigenvalue weighted by Gasteiger charge is 2.21. The van der Waals surface area contributed by atoms with Gasteiger partial charge in [-0.25, -0.2) is 0 Å². The average molecular weight is 586 g/mol. The van der Waals surface area contributed by atoms with Crippen LogP contribution in [0.25, 0.3) is 82.4 Å². The SMILES string of the molecule is c1ccc(-n2c3ccccc3c3c4c(-c5ccc(-c6ccc7c(c6)-c6cccc8cccc(c68)O7)cc5)cccc4ccc32)cc1. The number of para-hydroxylation sites is 2. The molecule has 8 aromatic carbocycles. The minimum absolute atomic E-state index is 0.904. The van der Waals surface area contributed by atoms with Crippen LogP contribution in [0.1, 0.15) is 0 Å². The lowest BCUT2D eigenvalue weighted by atomic mass is 9.91. The topological polar surface area (TPSA) is 14.2 Å². The molecule has 0 fully saturated rings. The molecule has 1 aromatic heterocycles. The van der Waals surface area contributed by atoms with Crippen molar-refractivity contribution in [3.63, 3.8) is 0 Å². The number of ether oxygens (including phenoxy) is 1. The molecule has 0 amide bonds. The van der Waals surface area contributed by atoms with E-state index in [2.05, 4.69) is 168 Å². The minimum atomic E-state index is 0.904. The Morgan fingerprint density at radius 1 is 0.370 bits per heavy atom. The van der Waals surface area contributed by atoms with Crippen LogP contribution in [0.15, 0.2) is 164 Å². The first-order valence-corrected chi connectivity index (χ1v) is 15.8. The lowest BCUT2D eigenvalue weighted by Crippen LogP contribution is -1.97. The highest BCUT2D eigenvalue weighted by atomic mass is 16.5. The molecule has 0 N–H and O–H groups in total. The van der Waals surface area contributed by atoms with Gasteiger partial charge in [-0.2, -0.15) is 0 Å². The van der Waals surface area contributed by atoms with Crippen molar-refractivity contribution in [2.45, 2.75) is 0 Å². The van der Waals surface area contributed by atoms with Gasteiger partial charge in [-0.15, -0.1) is 0 Å². The molecule has 0 unspecified atom stereocenters. The van der Waals surface area contributed by atoms with Gasteiger partial charge in [0.15, 0.2) is 0 Å². The summed E-state index contributed by atoms with van der Waals surface area (Å²) in [6.07, 6.45) is 0. The van der Waals surface area contributed by atoms with E-state index in [-0.39, 0.29) is 0 Å². The molecule has 0 spiro atoms. The molecule has 214 valence electrons. The highest BCUT2D eigenvalue weighted by molar-refractivity contribution is 6.24. The number of aromatic nitrogens is 1. The highest BCUT2D eigenvalue weighted by Crippen LogP contribution is 2.48. The van der Waals surface area contributed by atoms with Crippen molar-refractivity contribution in [1.82, 2.24) is 4.57 Å². The van der Waals surface area contributed by atoms with Crippen LogP contribution < -0.4 is 4.74 Å². The molecule has 2 nitrogen and oxygen atoms in total. The molecule has 0 radical (unpaired) electrons. The largest absolute Gasteiger partial charge is 0.456 e. The third kappa shape index (κ3) is 3.65. The summed E-state index contributed by atoms with van der Waals surface area (Å²) in [4.78, 5) is 0. The fourth-order valence-corrected chi connectivity index (χ4v) is 7.52. The van der Waals surface area contributed by atoms with Crippen LogP contribution in [0.2, 0.25) is 0 Å². The van der Waals surface area contributed by atoms with Gasteiger partial charge in [0.2, 0.25) is 0 Å². The molecule has 0 aliphatic carbocycles. The fraction of sp³-hybridized carbons (Fsp3) is 0. The zero-order chi connectivity index (χ0) is 30.2. The van der Waals surface area contributed by atoms with Crippen molar-refractivity contribution >= 4 is 43.4 Å². The standard InChI is InChI=1S/C44H27NO/c1-2-12-33(13-3-1)45-38-17-5-4-14-36(38)44-39(45)25-23-31-10-6-15-34(43(31)44)29-21-19-28(20-22-29)32-24-26-40-37(27-32)35-16-7-9-30-11-8-18-41(46-40)42(30)35/h1-27H. The molecule has 0 saturated heterocycles. The molecule has 2 heterocycles. The maximum atomic E-state index is 6.35. The Kier molecular flexibility index (Phi) is 5.31. The molecule has 0 bridgehead atoms. The van der Waals surface area contributed by atoms with E-state index in [1.54, 1.807) is 0 Å². The van der Waals surface area contributed by atoms with Gasteiger partial charge in [0.1, 0.15) is 11.5 Å². The molecule has 9 aromatic rings. The first kappa shape index (κ1) is 25.2. The maximum Gasteiger partial charge on any atom is 0.135 e. The molecule has 46 heavy (non-hydrogen) atoms. The Morgan fingerprint density at radius 2 is 1.07 bits per heavy atom. The summed E-state index contributed by atoms with van der Waals surface area (Å²) >= 11 is 0. The third-order valence-electron chi connectivity index (χ3n) is 9.58. The summed E-state index contributed by atoms with van der Waals surface area (Å²) in [5, 5.41) is 7.47. The molecule has 0 saturated carbocycles. The van der Waals surface area contributed by atoms with Gasteiger partial charge < -0.3 is 9.30 Å². The number of benzene rings is 8. The molecular formula is C44H27NO. The van der Waals surface area contributed by atoms with E-state index in [0.29, 0.717) is 0 Å². The molecule has 1 aliphatic heterocycles. The minimum Gasteiger partial charge on any atom is -0.456 e. The van der Waals surface area contributed by atoms with Gasteiger partial charge in [-0.05, 0) is 86.4 Å². The fourth-order valence-electron chi connectivity index (χ4n) is 7.52. The van der Waals surface area contributed by atoms with Crippen molar-refractivity contribution < 1.29 is 4.74 Å². The second-order valence-corrected chi connectivity index (χ2v) is 12.1. The summed E-state index contributed by atoms with van der Waals surface area (Å²) in [6.45, 7) is 0. The van der Waals surface area contributed by atoms with Crippen molar-refractivity contribution in [2.24, 2.45) is 0 Å². The van der Waals surface area contributed by atoms with Crippen LogP contribution in [-0.2, 0) is 0 Å². The number of fused-ring (bicyclic) bond motifs is 7. The Morgan fingerprint density at radius 3 is 1.91 bits per heavy atom. The summed E-state index contributed by atoms with van der Waals surface area (Å²) in [5.41, 5.74) is 10.8. The molecule has 2 heteroatoms. The maximum absolute atomic E-state index is 6.35. The third-order valence-corrected chi connectivity index (χ3v) is 9.58. The lowest BCUT2D eigenvalue weighted by Gasteiger charge is -2.22. The quantitative estimate of drug-likeness (QED) is 0.201. The second-order valence-electron chi connectivity index (χ2n) is 12.1. The summed E-state index contributed by atoms with van der Waals surface area (Å²) in [5.74, 6) is 1.83. The zero-order valence-corrected chi connectivity index (χ0v) is 24.9. The van der Waals surface area contributed by atoms with Gasteiger partial charge in [0, 0.05) is 27.4 Å². The van der Waals surface area contributed by atoms with Crippen LogP contribution in [-0.4, -0.2) is 4.57 Å². The van der Waals surface area contributed by atoms with E-state index in [1.165, 1.54) is 76.9 Å². The predicted molar refractivity (Wildman–Crippen MR) is 192 cm³/mol. The van der Waals surface area contributed by atoms with Gasteiger partial charge in [-0.3, -0.25) is 0 Å². The van der Waals surface area contributed by atoms with E-state index in [1.807, 2.05) is 0 Å². The van der Waals surface area contributed by atoms with Gasteiger partial charge in [0.05, 0.1) is 11.0 Å². The summed E-state index contributed by atoms with van der Waals surface area (Å²) in [7, 11) is 0. The summed E-state index contributed by atoms with van der Waals surface area (Å²) < 4.78 is 8.74. The molecule has 1 aliphatic rings. The van der Waals surface area contributed by atoms with Crippen molar-refractivity contribution in [3.05, 3.63) is 164 Å². The summed E-state index contributed by atoms with van der Waals surface area (Å²) in [6, 6.07) is 59.0. The van der Waals surface area contributed by atoms with Gasteiger partial charge >= 0.3 is 0 Å². The Balaban J connectivity index is 1.12. The van der Waals surface area contributed by atoms with Gasteiger partial charge in [0.25, 0.3) is 0 Å². The smallest absolute Gasteiger partial charge is 0.135 e. The number of hydrogen-bond acceptors (Lipinski definition) is 1. The van der Waals surface area contributed by atoms with Crippen molar-refractivity contribution in [3.8, 4) is 50.6 Å². The first-order valence-electron chi connectivity index (χ1n) is 15.8. The first-order chi connectivity index (χ1) is 22.8. The van der Waals surface area contributed by atoms with Crippen LogP contribution in [0.5, 0.6) is 11.5 Å². The van der Waals surface area contributed by atoms with E-state index >= 15 is 0 Å². The van der Waals surface area contributed by atoms with E-state index < -0.39 is 0 Å². The average Bonchev–Trinajstić information content (AvgIpc) is 3.47. The molecule has 0 atom stereocenters. The van der Waals surface area contributed by atoms with Crippen LogP contribution in [0, 0.1) is 0 Å². The van der Waals surface area contributed by atoms with Crippen molar-refractivity contribution in [1.29, 1.82) is 0 Å². The Hall–Kier alpha value is -6.12. The van der Waals surface area contributed by atoms with Crippen molar-refractivity contribution in [2.75, 3.05) is 0 Å². The van der Waals surface area contributed by atoms with Gasteiger partial charge in [-0.1, -0.05) is 121 Å². The number of rotatable bonds is 3. The normalized spacial score (nSPS) is 12.1. The van der Waals surface area contributed by atoms with Crippen LogP contribution in [0.3, 0.4) is 0 Å². The van der Waals surface area contributed by atoms with Crippen LogP contribution in [0.4, 0.5) is 0 Å². The Labute approximate surface area is 266 Å². The predicted octanol–water partition coefficient (Wildman–Crippen LogP) is 12.2. The van der Waals surface area contributed by atoms with E-state index in [9.17, 15) is 0 Å². The Bertz CT molecular complexity index is 2640. The second kappa shape index (κ2) is 9.69. The zero-order valence-electron chi connectivity index (χ0n) is 24.9. The van der Waals surface area contributed by atoms with E-state index in [0.717, 1.165) is 17.1 Å².